The summed E-state index contributed by atoms with van der Waals surface area (Å²) in [5.41, 5.74) is 1.32. The molecule has 0 bridgehead atoms. The Labute approximate surface area is 127 Å². The highest BCUT2D eigenvalue weighted by Crippen LogP contribution is 2.24. The lowest BCUT2D eigenvalue weighted by Crippen LogP contribution is -2.16. The van der Waals surface area contributed by atoms with E-state index in [1.807, 2.05) is 6.07 Å². The van der Waals surface area contributed by atoms with Gasteiger partial charge in [0.15, 0.2) is 5.78 Å². The van der Waals surface area contributed by atoms with Crippen LogP contribution in [-0.2, 0) is 0 Å². The van der Waals surface area contributed by atoms with Gasteiger partial charge in [-0.3, -0.25) is 14.9 Å². The van der Waals surface area contributed by atoms with Gasteiger partial charge in [0, 0.05) is 21.9 Å². The number of ketones is 1. The number of halogens is 1. The first-order valence-corrected chi connectivity index (χ1v) is 6.89. The lowest BCUT2D eigenvalue weighted by atomic mass is 9.91. The van der Waals surface area contributed by atoms with Gasteiger partial charge < -0.3 is 0 Å². The average molecular weight is 304 g/mol. The summed E-state index contributed by atoms with van der Waals surface area (Å²) < 4.78 is 0. The van der Waals surface area contributed by atoms with E-state index in [0.717, 1.165) is 5.56 Å². The molecule has 0 aliphatic heterocycles. The van der Waals surface area contributed by atoms with Crippen molar-refractivity contribution in [2.24, 2.45) is 0 Å². The molecule has 0 aromatic heterocycles. The summed E-state index contributed by atoms with van der Waals surface area (Å²) in [6.45, 7) is -0.278. The molecule has 0 aliphatic rings. The number of carbonyl (C=O) groups excluding carboxylic acids is 1. The maximum atomic E-state index is 12.2. The van der Waals surface area contributed by atoms with Crippen molar-refractivity contribution < 1.29 is 9.72 Å². The van der Waals surface area contributed by atoms with Crippen molar-refractivity contribution in [2.45, 2.75) is 12.3 Å². The Kier molecular flexibility index (Phi) is 5.06. The molecule has 0 amide bonds. The number of rotatable bonds is 6. The van der Waals surface area contributed by atoms with Gasteiger partial charge in [-0.25, -0.2) is 0 Å². The monoisotopic (exact) mass is 303 g/mol. The van der Waals surface area contributed by atoms with Gasteiger partial charge in [0.25, 0.3) is 0 Å². The van der Waals surface area contributed by atoms with Gasteiger partial charge in [0.1, 0.15) is 0 Å². The molecular weight excluding hydrogens is 290 g/mol. The summed E-state index contributed by atoms with van der Waals surface area (Å²) in [6, 6.07) is 15.6. The lowest BCUT2D eigenvalue weighted by molar-refractivity contribution is -0.483. The molecule has 2 aromatic carbocycles. The average Bonchev–Trinajstić information content (AvgIpc) is 2.48. The van der Waals surface area contributed by atoms with Crippen molar-refractivity contribution in [1.82, 2.24) is 0 Å². The van der Waals surface area contributed by atoms with Gasteiger partial charge in [0.05, 0.1) is 5.92 Å². The second kappa shape index (κ2) is 6.99. The van der Waals surface area contributed by atoms with E-state index in [1.165, 1.54) is 0 Å². The predicted molar refractivity (Wildman–Crippen MR) is 81.4 cm³/mol. The Morgan fingerprint density at radius 3 is 2.29 bits per heavy atom. The van der Waals surface area contributed by atoms with Crippen molar-refractivity contribution in [3.63, 3.8) is 0 Å². The predicted octanol–water partition coefficient (Wildman–Crippen LogP) is 3.97. The third kappa shape index (κ3) is 4.39. The second-order valence-electron chi connectivity index (χ2n) is 4.76. The highest BCUT2D eigenvalue weighted by molar-refractivity contribution is 6.30. The van der Waals surface area contributed by atoms with E-state index in [2.05, 4.69) is 0 Å². The molecule has 1 atom stereocenters. The summed E-state index contributed by atoms with van der Waals surface area (Å²) in [4.78, 5) is 22.7. The van der Waals surface area contributed by atoms with E-state index >= 15 is 0 Å². The van der Waals surface area contributed by atoms with Gasteiger partial charge in [-0.15, -0.1) is 0 Å². The molecule has 4 nitrogen and oxygen atoms in total. The Morgan fingerprint density at radius 1 is 1.10 bits per heavy atom. The van der Waals surface area contributed by atoms with Gasteiger partial charge in [-0.1, -0.05) is 54.1 Å². The minimum atomic E-state index is -0.454. The van der Waals surface area contributed by atoms with E-state index in [1.54, 1.807) is 48.5 Å². The molecule has 0 radical (unpaired) electrons. The third-order valence-corrected chi connectivity index (χ3v) is 3.49. The molecule has 0 aliphatic carbocycles. The molecular formula is C16H14ClNO3. The van der Waals surface area contributed by atoms with Crippen LogP contribution in [0.25, 0.3) is 0 Å². The summed E-state index contributed by atoms with van der Waals surface area (Å²) in [5.74, 6) is -0.553. The molecule has 2 rings (SSSR count). The maximum Gasteiger partial charge on any atom is 0.211 e. The molecule has 0 N–H and O–H groups in total. The number of hydrogen-bond acceptors (Lipinski definition) is 3. The van der Waals surface area contributed by atoms with Crippen LogP contribution in [0.15, 0.2) is 54.6 Å². The second-order valence-corrected chi connectivity index (χ2v) is 5.19. The van der Waals surface area contributed by atoms with Crippen molar-refractivity contribution in [3.05, 3.63) is 80.9 Å². The van der Waals surface area contributed by atoms with E-state index in [0.29, 0.717) is 10.6 Å². The summed E-state index contributed by atoms with van der Waals surface area (Å²) in [6.07, 6.45) is 0.104. The number of benzene rings is 2. The van der Waals surface area contributed by atoms with E-state index in [-0.39, 0.29) is 18.7 Å². The molecule has 0 fully saturated rings. The Hall–Kier alpha value is -2.20. The zero-order valence-corrected chi connectivity index (χ0v) is 12.0. The lowest BCUT2D eigenvalue weighted by Gasteiger charge is -2.12. The SMILES string of the molecule is O=C(C[C@@H](C[N+](=O)[O-])c1ccc(Cl)cc1)c1ccccc1. The highest BCUT2D eigenvalue weighted by Gasteiger charge is 2.22. The van der Waals surface area contributed by atoms with Crippen molar-refractivity contribution in [1.29, 1.82) is 0 Å². The Balaban J connectivity index is 2.18. The quantitative estimate of drug-likeness (QED) is 0.461. The van der Waals surface area contributed by atoms with Crippen LogP contribution in [0.1, 0.15) is 28.3 Å². The smallest absolute Gasteiger partial charge is 0.211 e. The van der Waals surface area contributed by atoms with E-state index in [4.69, 9.17) is 11.6 Å². The molecule has 2 aromatic rings. The molecule has 0 saturated heterocycles. The van der Waals surface area contributed by atoms with Gasteiger partial charge in [0.2, 0.25) is 6.54 Å². The van der Waals surface area contributed by atoms with Crippen molar-refractivity contribution >= 4 is 17.4 Å². The number of hydrogen-bond donors (Lipinski definition) is 0. The fourth-order valence-electron chi connectivity index (χ4n) is 2.17. The van der Waals surface area contributed by atoms with Crippen molar-refractivity contribution in [2.75, 3.05) is 6.54 Å². The van der Waals surface area contributed by atoms with Crippen LogP contribution in [0, 0.1) is 10.1 Å². The zero-order chi connectivity index (χ0) is 15.2. The molecule has 21 heavy (non-hydrogen) atoms. The van der Waals surface area contributed by atoms with Crippen LogP contribution >= 0.6 is 11.6 Å². The van der Waals surface area contributed by atoms with E-state index in [9.17, 15) is 14.9 Å². The van der Waals surface area contributed by atoms with Gasteiger partial charge in [-0.05, 0) is 17.7 Å². The standard InChI is InChI=1S/C16H14ClNO3/c17-15-8-6-12(7-9-15)14(11-18(20)21)10-16(19)13-4-2-1-3-5-13/h1-9,14H,10-11H2/t14-/m0/s1. The summed E-state index contributed by atoms with van der Waals surface area (Å²) >= 11 is 5.82. The minimum absolute atomic E-state index is 0.0996. The fraction of sp³-hybridized carbons (Fsp3) is 0.188. The number of Topliss-reactive ketones (excluding diaryl/α,β-unsaturated/α-hetero) is 1. The minimum Gasteiger partial charge on any atom is -0.294 e. The maximum absolute atomic E-state index is 12.2. The molecule has 0 heterocycles. The fourth-order valence-corrected chi connectivity index (χ4v) is 2.29. The number of carbonyl (C=O) groups is 1. The summed E-state index contributed by atoms with van der Waals surface area (Å²) in [5, 5.41) is 11.4. The third-order valence-electron chi connectivity index (χ3n) is 3.24. The van der Waals surface area contributed by atoms with E-state index < -0.39 is 10.8 Å². The van der Waals surface area contributed by atoms with Crippen LogP contribution in [-0.4, -0.2) is 17.3 Å². The van der Waals surface area contributed by atoms with Crippen LogP contribution in [0.3, 0.4) is 0 Å². The molecule has 0 spiro atoms. The number of nitro groups is 1. The van der Waals surface area contributed by atoms with Crippen molar-refractivity contribution in [3.8, 4) is 0 Å². The molecule has 5 heteroatoms. The van der Waals surface area contributed by atoms with Gasteiger partial charge >= 0.3 is 0 Å². The topological polar surface area (TPSA) is 60.2 Å². The first-order valence-electron chi connectivity index (χ1n) is 6.52. The van der Waals surface area contributed by atoms with Crippen LogP contribution in [0.4, 0.5) is 0 Å². The summed E-state index contributed by atoms with van der Waals surface area (Å²) in [7, 11) is 0. The van der Waals surface area contributed by atoms with Crippen LogP contribution in [0.5, 0.6) is 0 Å². The zero-order valence-electron chi connectivity index (χ0n) is 11.2. The Bertz CT molecular complexity index is 626. The highest BCUT2D eigenvalue weighted by atomic mass is 35.5. The molecule has 0 unspecified atom stereocenters. The Morgan fingerprint density at radius 2 is 1.71 bits per heavy atom. The number of nitrogens with zero attached hydrogens (tertiary/aromatic N) is 1. The first kappa shape index (κ1) is 15.2. The largest absolute Gasteiger partial charge is 0.294 e. The normalized spacial score (nSPS) is 11.9. The molecule has 0 saturated carbocycles. The molecule has 108 valence electrons. The first-order chi connectivity index (χ1) is 10.1. The van der Waals surface area contributed by atoms with Crippen LogP contribution < -0.4 is 0 Å². The van der Waals surface area contributed by atoms with Gasteiger partial charge in [-0.2, -0.15) is 0 Å². The van der Waals surface area contributed by atoms with Crippen LogP contribution in [0.2, 0.25) is 5.02 Å².